The minimum absolute atomic E-state index is 0.0169. The fraction of sp³-hybridized carbons (Fsp3) is 1.00. The van der Waals surface area contributed by atoms with Gasteiger partial charge in [0.2, 0.25) is 0 Å². The lowest BCUT2D eigenvalue weighted by molar-refractivity contribution is 0.110. The first-order valence-electron chi connectivity index (χ1n) is 9.10. The summed E-state index contributed by atoms with van der Waals surface area (Å²) in [4.78, 5) is 5.29. The van der Waals surface area contributed by atoms with Gasteiger partial charge in [-0.2, -0.15) is 0 Å². The zero-order valence-corrected chi connectivity index (χ0v) is 13.7. The van der Waals surface area contributed by atoms with Crippen molar-refractivity contribution < 1.29 is 5.11 Å². The molecule has 4 nitrogen and oxygen atoms in total. The van der Waals surface area contributed by atoms with Gasteiger partial charge >= 0.3 is 0 Å². The monoisotopic (exact) mass is 295 g/mol. The summed E-state index contributed by atoms with van der Waals surface area (Å²) >= 11 is 0. The highest BCUT2D eigenvalue weighted by atomic mass is 16.3. The molecule has 0 aromatic rings. The Morgan fingerprint density at radius 2 is 1.81 bits per heavy atom. The van der Waals surface area contributed by atoms with Gasteiger partial charge in [0.05, 0.1) is 6.61 Å². The first-order valence-corrected chi connectivity index (χ1v) is 9.10. The Morgan fingerprint density at radius 1 is 1.10 bits per heavy atom. The van der Waals surface area contributed by atoms with Gasteiger partial charge in [0.1, 0.15) is 0 Å². The second kappa shape index (κ2) is 6.95. The van der Waals surface area contributed by atoms with E-state index in [1.54, 1.807) is 0 Å². The third-order valence-corrected chi connectivity index (χ3v) is 5.67. The summed E-state index contributed by atoms with van der Waals surface area (Å²) in [7, 11) is 0. The van der Waals surface area contributed by atoms with E-state index in [2.05, 4.69) is 22.0 Å². The SMILES string of the molecule is CCC(CO)(CCCN1CCN(C2CC2)CC1)NC1CC1. The number of nitrogens with zero attached hydrogens (tertiary/aromatic N) is 2. The van der Waals surface area contributed by atoms with Gasteiger partial charge in [-0.3, -0.25) is 4.90 Å². The number of nitrogens with one attached hydrogen (secondary N) is 1. The van der Waals surface area contributed by atoms with Gasteiger partial charge in [0.15, 0.2) is 0 Å². The number of hydrogen-bond donors (Lipinski definition) is 2. The van der Waals surface area contributed by atoms with Crippen LogP contribution >= 0.6 is 0 Å². The Kier molecular flexibility index (Phi) is 5.20. The van der Waals surface area contributed by atoms with E-state index in [1.807, 2.05) is 0 Å². The molecule has 2 saturated carbocycles. The second-order valence-electron chi connectivity index (χ2n) is 7.42. The van der Waals surface area contributed by atoms with Crippen molar-refractivity contribution in [1.29, 1.82) is 0 Å². The van der Waals surface area contributed by atoms with Gasteiger partial charge in [-0.05, 0) is 51.5 Å². The summed E-state index contributed by atoms with van der Waals surface area (Å²) in [6.45, 7) is 8.71. The highest BCUT2D eigenvalue weighted by Gasteiger charge is 2.34. The van der Waals surface area contributed by atoms with Crippen LogP contribution in [-0.4, -0.2) is 71.9 Å². The van der Waals surface area contributed by atoms with Gasteiger partial charge in [0.25, 0.3) is 0 Å². The van der Waals surface area contributed by atoms with Crippen molar-refractivity contribution >= 4 is 0 Å². The number of piperazine rings is 1. The molecule has 122 valence electrons. The first kappa shape index (κ1) is 15.7. The van der Waals surface area contributed by atoms with Crippen LogP contribution in [0.3, 0.4) is 0 Å². The molecule has 0 radical (unpaired) electrons. The van der Waals surface area contributed by atoms with E-state index in [0.29, 0.717) is 6.04 Å². The highest BCUT2D eigenvalue weighted by molar-refractivity contribution is 4.94. The molecule has 0 spiro atoms. The molecule has 21 heavy (non-hydrogen) atoms. The molecule has 0 aromatic carbocycles. The van der Waals surface area contributed by atoms with Crippen LogP contribution in [0.25, 0.3) is 0 Å². The second-order valence-corrected chi connectivity index (χ2v) is 7.42. The number of aliphatic hydroxyl groups excluding tert-OH is 1. The fourth-order valence-electron chi connectivity index (χ4n) is 3.68. The molecule has 1 heterocycles. The maximum absolute atomic E-state index is 9.81. The van der Waals surface area contributed by atoms with Crippen molar-refractivity contribution in [3.8, 4) is 0 Å². The van der Waals surface area contributed by atoms with E-state index >= 15 is 0 Å². The van der Waals surface area contributed by atoms with E-state index in [0.717, 1.165) is 18.9 Å². The molecule has 3 rings (SSSR count). The molecule has 3 fully saturated rings. The summed E-state index contributed by atoms with van der Waals surface area (Å²) in [6, 6.07) is 1.61. The number of aliphatic hydroxyl groups is 1. The maximum atomic E-state index is 9.81. The van der Waals surface area contributed by atoms with Crippen molar-refractivity contribution in [1.82, 2.24) is 15.1 Å². The summed E-state index contributed by atoms with van der Waals surface area (Å²) in [6.07, 6.45) is 8.81. The molecule has 1 atom stereocenters. The normalized spacial score (nSPS) is 27.7. The Balaban J connectivity index is 1.36. The van der Waals surface area contributed by atoms with Gasteiger partial charge in [-0.25, -0.2) is 0 Å². The van der Waals surface area contributed by atoms with Crippen LogP contribution < -0.4 is 5.32 Å². The topological polar surface area (TPSA) is 38.7 Å². The molecule has 2 N–H and O–H groups in total. The van der Waals surface area contributed by atoms with E-state index in [-0.39, 0.29) is 12.1 Å². The third kappa shape index (κ3) is 4.41. The summed E-state index contributed by atoms with van der Waals surface area (Å²) in [5.74, 6) is 0. The van der Waals surface area contributed by atoms with Crippen LogP contribution in [0.5, 0.6) is 0 Å². The van der Waals surface area contributed by atoms with Gasteiger partial charge in [-0.15, -0.1) is 0 Å². The van der Waals surface area contributed by atoms with Crippen LogP contribution in [0, 0.1) is 0 Å². The van der Waals surface area contributed by atoms with Crippen molar-refractivity contribution in [2.75, 3.05) is 39.3 Å². The first-order chi connectivity index (χ1) is 10.2. The molecular weight excluding hydrogens is 262 g/mol. The number of hydrogen-bond acceptors (Lipinski definition) is 4. The minimum Gasteiger partial charge on any atom is -0.394 e. The third-order valence-electron chi connectivity index (χ3n) is 5.67. The molecular formula is C17H33N3O. The summed E-state index contributed by atoms with van der Waals surface area (Å²) in [5, 5.41) is 13.5. The van der Waals surface area contributed by atoms with E-state index in [4.69, 9.17) is 0 Å². The maximum Gasteiger partial charge on any atom is 0.0613 e. The average Bonchev–Trinajstić information content (AvgIpc) is 3.40. The fourth-order valence-corrected chi connectivity index (χ4v) is 3.68. The Bertz CT molecular complexity index is 316. The molecule has 1 aliphatic heterocycles. The quantitative estimate of drug-likeness (QED) is 0.675. The Labute approximate surface area is 129 Å². The van der Waals surface area contributed by atoms with Crippen molar-refractivity contribution in [3.63, 3.8) is 0 Å². The smallest absolute Gasteiger partial charge is 0.0613 e. The summed E-state index contributed by atoms with van der Waals surface area (Å²) in [5.41, 5.74) is -0.0169. The minimum atomic E-state index is -0.0169. The zero-order valence-electron chi connectivity index (χ0n) is 13.7. The van der Waals surface area contributed by atoms with E-state index in [9.17, 15) is 5.11 Å². The average molecular weight is 295 g/mol. The van der Waals surface area contributed by atoms with Crippen LogP contribution in [0.2, 0.25) is 0 Å². The summed E-state index contributed by atoms with van der Waals surface area (Å²) < 4.78 is 0. The zero-order chi connectivity index (χ0) is 14.7. The van der Waals surface area contributed by atoms with E-state index in [1.165, 1.54) is 64.8 Å². The van der Waals surface area contributed by atoms with Crippen LogP contribution in [0.4, 0.5) is 0 Å². The van der Waals surface area contributed by atoms with Gasteiger partial charge in [0, 0.05) is 43.8 Å². The highest BCUT2D eigenvalue weighted by Crippen LogP contribution is 2.28. The van der Waals surface area contributed by atoms with Crippen LogP contribution in [-0.2, 0) is 0 Å². The van der Waals surface area contributed by atoms with Crippen molar-refractivity contribution in [3.05, 3.63) is 0 Å². The molecule has 0 bridgehead atoms. The number of rotatable bonds is 9. The lowest BCUT2D eigenvalue weighted by Gasteiger charge is -2.36. The molecule has 3 aliphatic rings. The molecule has 0 aromatic heterocycles. The van der Waals surface area contributed by atoms with Gasteiger partial charge < -0.3 is 15.3 Å². The molecule has 0 amide bonds. The lowest BCUT2D eigenvalue weighted by Crippen LogP contribution is -2.50. The van der Waals surface area contributed by atoms with Gasteiger partial charge in [-0.1, -0.05) is 6.92 Å². The predicted molar refractivity (Wildman–Crippen MR) is 86.5 cm³/mol. The lowest BCUT2D eigenvalue weighted by atomic mass is 9.91. The van der Waals surface area contributed by atoms with Crippen LogP contribution in [0.15, 0.2) is 0 Å². The van der Waals surface area contributed by atoms with Crippen molar-refractivity contribution in [2.45, 2.75) is 69.5 Å². The molecule has 1 unspecified atom stereocenters. The Morgan fingerprint density at radius 3 is 2.33 bits per heavy atom. The van der Waals surface area contributed by atoms with E-state index < -0.39 is 0 Å². The molecule has 2 aliphatic carbocycles. The standard InChI is InChI=1S/C17H33N3O/c1-2-17(14-21,18-15-4-5-15)8-3-9-19-10-12-20(13-11-19)16-6-7-16/h15-16,18,21H,2-14H2,1H3. The Hall–Kier alpha value is -0.160. The largest absolute Gasteiger partial charge is 0.394 e. The van der Waals surface area contributed by atoms with Crippen LogP contribution in [0.1, 0.15) is 51.9 Å². The predicted octanol–water partition coefficient (Wildman–Crippen LogP) is 1.44. The molecule has 4 heteroatoms. The molecule has 1 saturated heterocycles. The van der Waals surface area contributed by atoms with Crippen molar-refractivity contribution in [2.24, 2.45) is 0 Å².